The van der Waals surface area contributed by atoms with Crippen LogP contribution >= 0.6 is 0 Å². The Morgan fingerprint density at radius 3 is 2.88 bits per heavy atom. The predicted octanol–water partition coefficient (Wildman–Crippen LogP) is 1.81. The van der Waals surface area contributed by atoms with Crippen molar-refractivity contribution in [1.82, 2.24) is 4.90 Å². The van der Waals surface area contributed by atoms with Crippen LogP contribution in [0.3, 0.4) is 0 Å². The molecule has 0 bridgehead atoms. The highest BCUT2D eigenvalue weighted by Gasteiger charge is 2.45. The molecule has 134 valence electrons. The molecule has 1 aromatic rings. The van der Waals surface area contributed by atoms with Gasteiger partial charge in [-0.1, -0.05) is 6.42 Å². The minimum Gasteiger partial charge on any atom is -0.482 e. The topological polar surface area (TPSA) is 70.1 Å². The lowest BCUT2D eigenvalue weighted by Crippen LogP contribution is -2.49. The zero-order valence-corrected chi connectivity index (χ0v) is 14.5. The fourth-order valence-electron chi connectivity index (χ4n) is 4.52. The number of anilines is 1. The summed E-state index contributed by atoms with van der Waals surface area (Å²) >= 11 is 0. The minimum absolute atomic E-state index is 0.0311. The van der Waals surface area contributed by atoms with Gasteiger partial charge in [-0.05, 0) is 43.9 Å². The van der Waals surface area contributed by atoms with Crippen LogP contribution in [0, 0.1) is 5.41 Å². The monoisotopic (exact) mass is 344 g/mol. The van der Waals surface area contributed by atoms with E-state index in [9.17, 15) is 14.7 Å². The molecule has 0 radical (unpaired) electrons. The maximum atomic E-state index is 13.0. The number of hydrogen-bond donors (Lipinski definition) is 1. The molecular weight excluding hydrogens is 320 g/mol. The van der Waals surface area contributed by atoms with Gasteiger partial charge in [-0.2, -0.15) is 0 Å². The van der Waals surface area contributed by atoms with Crippen molar-refractivity contribution in [3.8, 4) is 5.75 Å². The summed E-state index contributed by atoms with van der Waals surface area (Å²) < 4.78 is 5.43. The number of likely N-dealkylation sites (N-methyl/N-ethyl adjacent to an activating group) is 1. The van der Waals surface area contributed by atoms with Crippen molar-refractivity contribution < 1.29 is 19.4 Å². The average Bonchev–Trinajstić information content (AvgIpc) is 2.97. The number of fused-ring (bicyclic) bond motifs is 1. The van der Waals surface area contributed by atoms with Crippen LogP contribution in [0.25, 0.3) is 0 Å². The van der Waals surface area contributed by atoms with Gasteiger partial charge in [0.15, 0.2) is 6.61 Å². The number of ether oxygens (including phenoxy) is 1. The first-order valence-electron chi connectivity index (χ1n) is 9.01. The van der Waals surface area contributed by atoms with Crippen molar-refractivity contribution in [2.45, 2.75) is 38.2 Å². The Bertz CT molecular complexity index is 719. The van der Waals surface area contributed by atoms with E-state index in [4.69, 9.17) is 4.74 Å². The van der Waals surface area contributed by atoms with Gasteiger partial charge in [0.25, 0.3) is 11.8 Å². The highest BCUT2D eigenvalue weighted by atomic mass is 16.5. The number of aliphatic hydroxyl groups is 1. The van der Waals surface area contributed by atoms with Gasteiger partial charge in [0, 0.05) is 31.1 Å². The van der Waals surface area contributed by atoms with Crippen LogP contribution in [0.4, 0.5) is 5.69 Å². The summed E-state index contributed by atoms with van der Waals surface area (Å²) in [6.07, 6.45) is 4.48. The van der Waals surface area contributed by atoms with Crippen LogP contribution < -0.4 is 9.64 Å². The standard InChI is InChI=1S/C19H24N2O4/c1-20-14-10-13(5-6-15(14)25-11-17(20)23)18(24)21-9-3-8-19(12-21)7-2-4-16(19)22/h5-6,10,16,22H,2-4,7-9,11-12H2,1H3/t16-,19-/m1/s1. The molecule has 0 aromatic heterocycles. The first-order chi connectivity index (χ1) is 12.0. The zero-order chi connectivity index (χ0) is 17.6. The Morgan fingerprint density at radius 2 is 2.12 bits per heavy atom. The second-order valence-corrected chi connectivity index (χ2v) is 7.52. The molecule has 25 heavy (non-hydrogen) atoms. The minimum atomic E-state index is -0.302. The van der Waals surface area contributed by atoms with E-state index < -0.39 is 0 Å². The molecule has 0 unspecified atom stereocenters. The van der Waals surface area contributed by atoms with Crippen molar-refractivity contribution in [1.29, 1.82) is 0 Å². The van der Waals surface area contributed by atoms with Crippen LogP contribution in [-0.2, 0) is 4.79 Å². The third kappa shape index (κ3) is 2.68. The number of carbonyl (C=O) groups is 2. The molecule has 3 aliphatic rings. The predicted molar refractivity (Wildman–Crippen MR) is 92.8 cm³/mol. The molecule has 1 aromatic carbocycles. The average molecular weight is 344 g/mol. The van der Waals surface area contributed by atoms with E-state index in [1.165, 1.54) is 4.90 Å². The number of hydrogen-bond acceptors (Lipinski definition) is 4. The molecular formula is C19H24N2O4. The molecule has 1 spiro atoms. The van der Waals surface area contributed by atoms with Gasteiger partial charge >= 0.3 is 0 Å². The summed E-state index contributed by atoms with van der Waals surface area (Å²) in [5.74, 6) is 0.468. The second-order valence-electron chi connectivity index (χ2n) is 7.52. The summed E-state index contributed by atoms with van der Waals surface area (Å²) in [7, 11) is 1.70. The zero-order valence-electron chi connectivity index (χ0n) is 14.5. The Hall–Kier alpha value is -2.08. The summed E-state index contributed by atoms with van der Waals surface area (Å²) in [5, 5.41) is 10.4. The van der Waals surface area contributed by atoms with E-state index in [-0.39, 0.29) is 29.9 Å². The van der Waals surface area contributed by atoms with E-state index in [2.05, 4.69) is 0 Å². The normalized spacial score (nSPS) is 28.9. The largest absolute Gasteiger partial charge is 0.482 e. The summed E-state index contributed by atoms with van der Waals surface area (Å²) in [4.78, 5) is 28.2. The van der Waals surface area contributed by atoms with Crippen molar-refractivity contribution in [3.63, 3.8) is 0 Å². The molecule has 6 nitrogen and oxygen atoms in total. The van der Waals surface area contributed by atoms with Crippen LogP contribution in [0.2, 0.25) is 0 Å². The summed E-state index contributed by atoms with van der Waals surface area (Å²) in [5.41, 5.74) is 1.07. The molecule has 1 aliphatic carbocycles. The second kappa shape index (κ2) is 6.02. The molecule has 4 rings (SSSR count). The molecule has 1 saturated carbocycles. The molecule has 2 aliphatic heterocycles. The van der Waals surface area contributed by atoms with Gasteiger partial charge in [-0.3, -0.25) is 9.59 Å². The Balaban J connectivity index is 1.58. The Morgan fingerprint density at radius 1 is 1.32 bits per heavy atom. The third-order valence-corrected chi connectivity index (χ3v) is 6.05. The molecule has 1 N–H and O–H groups in total. The first kappa shape index (κ1) is 16.4. The quantitative estimate of drug-likeness (QED) is 0.843. The number of piperidine rings is 1. The van der Waals surface area contributed by atoms with Gasteiger partial charge in [0.05, 0.1) is 11.8 Å². The highest BCUT2D eigenvalue weighted by molar-refractivity contribution is 6.01. The third-order valence-electron chi connectivity index (χ3n) is 6.05. The van der Waals surface area contributed by atoms with E-state index in [0.717, 1.165) is 38.6 Å². The lowest BCUT2D eigenvalue weighted by molar-refractivity contribution is -0.120. The van der Waals surface area contributed by atoms with Gasteiger partial charge < -0.3 is 19.6 Å². The SMILES string of the molecule is CN1C(=O)COc2ccc(C(=O)N3CCC[C@]4(CCC[C@H]4O)C3)cc21. The number of benzene rings is 1. The highest BCUT2D eigenvalue weighted by Crippen LogP contribution is 2.45. The smallest absolute Gasteiger partial charge is 0.264 e. The van der Waals surface area contributed by atoms with E-state index >= 15 is 0 Å². The Kier molecular flexibility index (Phi) is 3.95. The van der Waals surface area contributed by atoms with Crippen molar-refractivity contribution in [2.24, 2.45) is 5.41 Å². The first-order valence-corrected chi connectivity index (χ1v) is 9.01. The molecule has 2 amide bonds. The fraction of sp³-hybridized carbons (Fsp3) is 0.579. The number of aliphatic hydroxyl groups excluding tert-OH is 1. The number of likely N-dealkylation sites (tertiary alicyclic amines) is 1. The number of carbonyl (C=O) groups excluding carboxylic acids is 2. The van der Waals surface area contributed by atoms with E-state index in [0.29, 0.717) is 23.5 Å². The Labute approximate surface area is 147 Å². The van der Waals surface area contributed by atoms with Gasteiger partial charge in [0.2, 0.25) is 0 Å². The van der Waals surface area contributed by atoms with Crippen LogP contribution in [0.5, 0.6) is 5.75 Å². The molecule has 6 heteroatoms. The van der Waals surface area contributed by atoms with Crippen molar-refractivity contribution in [3.05, 3.63) is 23.8 Å². The molecule has 2 atom stereocenters. The summed E-state index contributed by atoms with van der Waals surface area (Å²) in [6, 6.07) is 5.26. The number of nitrogens with zero attached hydrogens (tertiary/aromatic N) is 2. The van der Waals surface area contributed by atoms with Crippen LogP contribution in [0.15, 0.2) is 18.2 Å². The maximum Gasteiger partial charge on any atom is 0.264 e. The van der Waals surface area contributed by atoms with Gasteiger partial charge in [-0.15, -0.1) is 0 Å². The number of amides is 2. The van der Waals surface area contributed by atoms with Crippen molar-refractivity contribution >= 4 is 17.5 Å². The fourth-order valence-corrected chi connectivity index (χ4v) is 4.52. The molecule has 2 fully saturated rings. The summed E-state index contributed by atoms with van der Waals surface area (Å²) in [6.45, 7) is 1.37. The maximum absolute atomic E-state index is 13.0. The molecule has 2 heterocycles. The number of rotatable bonds is 1. The lowest BCUT2D eigenvalue weighted by atomic mass is 9.76. The van der Waals surface area contributed by atoms with Crippen LogP contribution in [-0.4, -0.2) is 54.7 Å². The van der Waals surface area contributed by atoms with Crippen LogP contribution in [0.1, 0.15) is 42.5 Å². The van der Waals surface area contributed by atoms with Gasteiger partial charge in [0.1, 0.15) is 5.75 Å². The van der Waals surface area contributed by atoms with Gasteiger partial charge in [-0.25, -0.2) is 0 Å². The van der Waals surface area contributed by atoms with E-state index in [1.807, 2.05) is 4.90 Å². The molecule has 1 saturated heterocycles. The lowest BCUT2D eigenvalue weighted by Gasteiger charge is -2.42. The van der Waals surface area contributed by atoms with E-state index in [1.54, 1.807) is 25.2 Å². The van der Waals surface area contributed by atoms with Crippen molar-refractivity contribution in [2.75, 3.05) is 31.6 Å².